The molecule has 2 amide bonds. The molecule has 6 nitrogen and oxygen atoms in total. The lowest BCUT2D eigenvalue weighted by Gasteiger charge is -2.38. The molecule has 2 aliphatic heterocycles. The lowest BCUT2D eigenvalue weighted by Crippen LogP contribution is -2.48. The number of hydrogen-bond acceptors (Lipinski definition) is 4. The molecule has 0 radical (unpaired) electrons. The van der Waals surface area contributed by atoms with Gasteiger partial charge in [-0.1, -0.05) is 79.6 Å². The molecule has 5 rings (SSSR count). The summed E-state index contributed by atoms with van der Waals surface area (Å²) in [4.78, 5) is 31.9. The fourth-order valence-corrected chi connectivity index (χ4v) is 6.12. The van der Waals surface area contributed by atoms with Crippen molar-refractivity contribution in [3.63, 3.8) is 0 Å². The lowest BCUT2D eigenvalue weighted by atomic mass is 10.0. The number of piperidine rings is 1. The SMILES string of the molecule is CCN(C(=O)OCc1ccccc1)C1CCN(C[C@@H]2CCN(C(=O)C3CCCC3)C2)CC1.c1ccccc1. The van der Waals surface area contributed by atoms with E-state index >= 15 is 0 Å². The summed E-state index contributed by atoms with van der Waals surface area (Å²) in [6.45, 7) is 8.01. The molecule has 1 saturated carbocycles. The van der Waals surface area contributed by atoms with Gasteiger partial charge in [-0.05, 0) is 50.5 Å². The van der Waals surface area contributed by atoms with Crippen LogP contribution in [0.4, 0.5) is 4.79 Å². The monoisotopic (exact) mass is 519 g/mol. The van der Waals surface area contributed by atoms with Gasteiger partial charge in [0, 0.05) is 51.2 Å². The van der Waals surface area contributed by atoms with E-state index < -0.39 is 0 Å². The van der Waals surface area contributed by atoms with Gasteiger partial charge in [0.05, 0.1) is 0 Å². The number of likely N-dealkylation sites (tertiary alicyclic amines) is 2. The quantitative estimate of drug-likeness (QED) is 0.462. The van der Waals surface area contributed by atoms with E-state index in [9.17, 15) is 9.59 Å². The van der Waals surface area contributed by atoms with Gasteiger partial charge in [-0.3, -0.25) is 4.79 Å². The van der Waals surface area contributed by atoms with Crippen molar-refractivity contribution in [2.75, 3.05) is 39.3 Å². The first-order valence-corrected chi connectivity index (χ1v) is 14.6. The first kappa shape index (κ1) is 28.2. The van der Waals surface area contributed by atoms with Crippen molar-refractivity contribution in [3.8, 4) is 0 Å². The molecule has 38 heavy (non-hydrogen) atoms. The zero-order valence-corrected chi connectivity index (χ0v) is 23.0. The number of nitrogens with zero attached hydrogens (tertiary/aromatic N) is 3. The number of carbonyl (C=O) groups excluding carboxylic acids is 2. The average molecular weight is 520 g/mol. The van der Waals surface area contributed by atoms with Crippen LogP contribution in [0.3, 0.4) is 0 Å². The second-order valence-corrected chi connectivity index (χ2v) is 10.9. The van der Waals surface area contributed by atoms with Crippen LogP contribution < -0.4 is 0 Å². The maximum absolute atomic E-state index is 12.7. The molecule has 2 aromatic carbocycles. The highest BCUT2D eigenvalue weighted by atomic mass is 16.6. The smallest absolute Gasteiger partial charge is 0.410 e. The van der Waals surface area contributed by atoms with Gasteiger partial charge in [-0.15, -0.1) is 0 Å². The van der Waals surface area contributed by atoms with Crippen LogP contribution in [-0.4, -0.2) is 72.0 Å². The van der Waals surface area contributed by atoms with Crippen LogP contribution in [-0.2, 0) is 16.1 Å². The van der Waals surface area contributed by atoms with Gasteiger partial charge in [0.1, 0.15) is 6.61 Å². The minimum absolute atomic E-state index is 0.202. The molecule has 2 heterocycles. The maximum Gasteiger partial charge on any atom is 0.410 e. The summed E-state index contributed by atoms with van der Waals surface area (Å²) in [5.41, 5.74) is 1.02. The second-order valence-electron chi connectivity index (χ2n) is 10.9. The van der Waals surface area contributed by atoms with E-state index in [2.05, 4.69) is 9.80 Å². The number of carbonyl (C=O) groups is 2. The first-order valence-electron chi connectivity index (χ1n) is 14.6. The topological polar surface area (TPSA) is 53.1 Å². The Morgan fingerprint density at radius 3 is 2.05 bits per heavy atom. The van der Waals surface area contributed by atoms with Crippen LogP contribution >= 0.6 is 0 Å². The van der Waals surface area contributed by atoms with Crippen LogP contribution in [0.1, 0.15) is 57.4 Å². The van der Waals surface area contributed by atoms with Crippen molar-refractivity contribution in [2.45, 2.75) is 64.5 Å². The summed E-state index contributed by atoms with van der Waals surface area (Å²) in [5, 5.41) is 0. The van der Waals surface area contributed by atoms with E-state index in [0.29, 0.717) is 30.9 Å². The Kier molecular flexibility index (Phi) is 11.1. The van der Waals surface area contributed by atoms with Crippen LogP contribution in [0.5, 0.6) is 0 Å². The van der Waals surface area contributed by atoms with E-state index in [0.717, 1.165) is 70.4 Å². The zero-order chi connectivity index (χ0) is 26.6. The Bertz CT molecular complexity index is 930. The average Bonchev–Trinajstić information content (AvgIpc) is 3.68. The zero-order valence-electron chi connectivity index (χ0n) is 23.0. The third-order valence-electron chi connectivity index (χ3n) is 8.26. The summed E-state index contributed by atoms with van der Waals surface area (Å²) in [6.07, 6.45) is 7.54. The van der Waals surface area contributed by atoms with E-state index in [-0.39, 0.29) is 12.1 Å². The van der Waals surface area contributed by atoms with Crippen molar-refractivity contribution >= 4 is 12.0 Å². The van der Waals surface area contributed by atoms with Crippen molar-refractivity contribution in [1.82, 2.24) is 14.7 Å². The van der Waals surface area contributed by atoms with Gasteiger partial charge in [-0.2, -0.15) is 0 Å². The molecular weight excluding hydrogens is 474 g/mol. The third kappa shape index (κ3) is 8.32. The number of amides is 2. The fraction of sp³-hybridized carbons (Fsp3) is 0.562. The van der Waals surface area contributed by atoms with E-state index in [4.69, 9.17) is 4.74 Å². The number of rotatable bonds is 7. The minimum Gasteiger partial charge on any atom is -0.445 e. The standard InChI is InChI=1S/C26H39N3O3.C6H6/c1-2-29(26(31)32-20-21-8-4-3-5-9-21)24-13-15-27(16-14-24)18-22-12-17-28(19-22)25(30)23-10-6-7-11-23;1-2-4-6-5-3-1/h3-5,8-9,22-24H,2,6-7,10-20H2,1H3;1-6H/t22-;/m0./s1. The number of hydrogen-bond donors (Lipinski definition) is 0. The molecule has 0 unspecified atom stereocenters. The maximum atomic E-state index is 12.7. The molecule has 1 atom stereocenters. The van der Waals surface area contributed by atoms with Crippen molar-refractivity contribution in [3.05, 3.63) is 72.3 Å². The summed E-state index contributed by atoms with van der Waals surface area (Å²) < 4.78 is 5.58. The van der Waals surface area contributed by atoms with Crippen molar-refractivity contribution in [1.29, 1.82) is 0 Å². The third-order valence-corrected chi connectivity index (χ3v) is 8.26. The van der Waals surface area contributed by atoms with Gasteiger partial charge in [0.2, 0.25) is 5.91 Å². The van der Waals surface area contributed by atoms with Gasteiger partial charge in [0.25, 0.3) is 0 Å². The Morgan fingerprint density at radius 1 is 0.842 bits per heavy atom. The van der Waals surface area contributed by atoms with Crippen molar-refractivity contribution < 1.29 is 14.3 Å². The number of benzene rings is 2. The molecule has 0 aromatic heterocycles. The van der Waals surface area contributed by atoms with Crippen LogP contribution in [0.15, 0.2) is 66.7 Å². The van der Waals surface area contributed by atoms with Crippen LogP contribution in [0.2, 0.25) is 0 Å². The highest BCUT2D eigenvalue weighted by molar-refractivity contribution is 5.79. The predicted molar refractivity (Wildman–Crippen MR) is 152 cm³/mol. The molecule has 1 aliphatic carbocycles. The molecule has 2 aromatic rings. The molecule has 6 heteroatoms. The van der Waals surface area contributed by atoms with Crippen LogP contribution in [0, 0.1) is 11.8 Å². The van der Waals surface area contributed by atoms with Gasteiger partial charge in [-0.25, -0.2) is 4.79 Å². The molecular formula is C32H45N3O3. The molecule has 206 valence electrons. The Balaban J connectivity index is 0.000000494. The largest absolute Gasteiger partial charge is 0.445 e. The Morgan fingerprint density at radius 2 is 1.45 bits per heavy atom. The highest BCUT2D eigenvalue weighted by Gasteiger charge is 2.34. The van der Waals surface area contributed by atoms with Crippen molar-refractivity contribution in [2.24, 2.45) is 11.8 Å². The summed E-state index contributed by atoms with van der Waals surface area (Å²) in [6, 6.07) is 22.1. The predicted octanol–water partition coefficient (Wildman–Crippen LogP) is 5.83. The molecule has 2 saturated heterocycles. The summed E-state index contributed by atoms with van der Waals surface area (Å²) in [7, 11) is 0. The summed E-state index contributed by atoms with van der Waals surface area (Å²) >= 11 is 0. The molecule has 3 aliphatic rings. The molecule has 0 N–H and O–H groups in total. The molecule has 3 fully saturated rings. The van der Waals surface area contributed by atoms with E-state index in [1.54, 1.807) is 0 Å². The summed E-state index contributed by atoms with van der Waals surface area (Å²) in [5.74, 6) is 1.30. The minimum atomic E-state index is -0.202. The highest BCUT2D eigenvalue weighted by Crippen LogP contribution is 2.29. The number of ether oxygens (including phenoxy) is 1. The molecule has 0 spiro atoms. The van der Waals surface area contributed by atoms with E-state index in [1.165, 1.54) is 12.8 Å². The van der Waals surface area contributed by atoms with Crippen LogP contribution in [0.25, 0.3) is 0 Å². The fourth-order valence-electron chi connectivity index (χ4n) is 6.12. The molecule has 0 bridgehead atoms. The van der Waals surface area contributed by atoms with E-state index in [1.807, 2.05) is 78.6 Å². The Hall–Kier alpha value is -2.86. The Labute approximate surface area is 228 Å². The first-order chi connectivity index (χ1) is 18.6. The van der Waals surface area contributed by atoms with Gasteiger partial charge in [0.15, 0.2) is 0 Å². The van der Waals surface area contributed by atoms with Gasteiger partial charge >= 0.3 is 6.09 Å². The second kappa shape index (κ2) is 14.9. The normalized spacial score (nSPS) is 20.6. The van der Waals surface area contributed by atoms with Gasteiger partial charge < -0.3 is 19.4 Å². The lowest BCUT2D eigenvalue weighted by molar-refractivity contribution is -0.134.